The number of phenols is 1. The first kappa shape index (κ1) is 21.2. The Morgan fingerprint density at radius 3 is 2.31 bits per heavy atom. The average Bonchev–Trinajstić information content (AvgIpc) is 3.14. The minimum Gasteiger partial charge on any atom is -0.504 e. The first-order valence-corrected chi connectivity index (χ1v) is 10.2. The van der Waals surface area contributed by atoms with Gasteiger partial charge in [-0.15, -0.1) is 0 Å². The molecule has 2 N–H and O–H groups in total. The van der Waals surface area contributed by atoms with Crippen molar-refractivity contribution in [3.05, 3.63) is 89.0 Å². The summed E-state index contributed by atoms with van der Waals surface area (Å²) in [6.45, 7) is 0.451. The first-order chi connectivity index (χ1) is 15.6. The minimum atomic E-state index is -0.523. The number of carbonyl (C=O) groups excluding carboxylic acids is 2. The van der Waals surface area contributed by atoms with Crippen molar-refractivity contribution in [3.63, 3.8) is 0 Å². The van der Waals surface area contributed by atoms with Gasteiger partial charge in [-0.2, -0.15) is 0 Å². The van der Waals surface area contributed by atoms with Crippen LogP contribution in [-0.4, -0.2) is 37.7 Å². The van der Waals surface area contributed by atoms with Crippen LogP contribution >= 0.6 is 0 Å². The van der Waals surface area contributed by atoms with E-state index in [1.165, 1.54) is 18.2 Å². The molecule has 0 heterocycles. The predicted octanol–water partition coefficient (Wildman–Crippen LogP) is 4.77. The number of alkyl carbamates (subject to hydrolysis) is 1. The summed E-state index contributed by atoms with van der Waals surface area (Å²) in [6, 6.07) is 19.5. The summed E-state index contributed by atoms with van der Waals surface area (Å²) in [6.07, 6.45) is 3.36. The highest BCUT2D eigenvalue weighted by molar-refractivity contribution is 5.87. The van der Waals surface area contributed by atoms with E-state index >= 15 is 0 Å². The summed E-state index contributed by atoms with van der Waals surface area (Å²) in [4.78, 5) is 23.5. The van der Waals surface area contributed by atoms with E-state index in [2.05, 4.69) is 29.6 Å². The Hall–Kier alpha value is -4.06. The number of phenolic OH excluding ortho intramolecular Hbond substituents is 1. The molecule has 0 saturated heterocycles. The second-order valence-electron chi connectivity index (χ2n) is 7.35. The maximum Gasteiger partial charge on any atom is 0.407 e. The molecule has 0 fully saturated rings. The van der Waals surface area contributed by atoms with Gasteiger partial charge in [0.15, 0.2) is 17.8 Å². The molecule has 0 bridgehead atoms. The topological polar surface area (TPSA) is 84.9 Å². The predicted molar refractivity (Wildman–Crippen MR) is 122 cm³/mol. The normalized spacial score (nSPS) is 12.3. The number of hydrogen-bond acceptors (Lipinski definition) is 5. The zero-order valence-electron chi connectivity index (χ0n) is 17.6. The molecule has 4 rings (SSSR count). The molecule has 1 amide bonds. The lowest BCUT2D eigenvalue weighted by atomic mass is 9.98. The number of aldehydes is 1. The van der Waals surface area contributed by atoms with Crippen molar-refractivity contribution in [2.24, 2.45) is 0 Å². The molecule has 0 unspecified atom stereocenters. The SMILES string of the molecule is COc1ccc(C=CCNC(=O)OCC2c3ccccc3-c3ccccc32)c(C=O)c1O. The van der Waals surface area contributed by atoms with E-state index in [4.69, 9.17) is 9.47 Å². The number of methoxy groups -OCH3 is 1. The summed E-state index contributed by atoms with van der Waals surface area (Å²) >= 11 is 0. The number of amides is 1. The van der Waals surface area contributed by atoms with Crippen LogP contribution in [0.5, 0.6) is 11.5 Å². The molecule has 3 aromatic rings. The molecule has 0 atom stereocenters. The second-order valence-corrected chi connectivity index (χ2v) is 7.35. The third kappa shape index (κ3) is 4.07. The second kappa shape index (κ2) is 9.39. The number of nitrogens with one attached hydrogen (secondary N) is 1. The van der Waals surface area contributed by atoms with Gasteiger partial charge in [0.05, 0.1) is 12.7 Å². The van der Waals surface area contributed by atoms with Crippen LogP contribution < -0.4 is 10.1 Å². The minimum absolute atomic E-state index is 0.00103. The van der Waals surface area contributed by atoms with E-state index in [1.54, 1.807) is 24.3 Å². The van der Waals surface area contributed by atoms with E-state index in [0.29, 0.717) is 11.8 Å². The van der Waals surface area contributed by atoms with Gasteiger partial charge < -0.3 is 19.9 Å². The molecule has 6 nitrogen and oxygen atoms in total. The van der Waals surface area contributed by atoms with Crippen LogP contribution in [0.15, 0.2) is 66.7 Å². The van der Waals surface area contributed by atoms with E-state index < -0.39 is 6.09 Å². The smallest absolute Gasteiger partial charge is 0.407 e. The van der Waals surface area contributed by atoms with Crippen LogP contribution in [0, 0.1) is 0 Å². The fourth-order valence-electron chi connectivity index (χ4n) is 4.02. The number of fused-ring (bicyclic) bond motifs is 3. The highest BCUT2D eigenvalue weighted by atomic mass is 16.5. The summed E-state index contributed by atoms with van der Waals surface area (Å²) in [5, 5.41) is 12.7. The van der Waals surface area contributed by atoms with Crippen LogP contribution in [0.4, 0.5) is 4.79 Å². The monoisotopic (exact) mass is 429 g/mol. The lowest BCUT2D eigenvalue weighted by molar-refractivity contribution is 0.112. The summed E-state index contributed by atoms with van der Waals surface area (Å²) in [5.74, 6) is 0.0104. The van der Waals surface area contributed by atoms with Gasteiger partial charge in [0, 0.05) is 12.5 Å². The van der Waals surface area contributed by atoms with E-state index in [-0.39, 0.29) is 36.1 Å². The van der Waals surface area contributed by atoms with Crippen LogP contribution in [0.1, 0.15) is 33.0 Å². The Kier molecular flexibility index (Phi) is 6.22. The molecule has 32 heavy (non-hydrogen) atoms. The van der Waals surface area contributed by atoms with Crippen LogP contribution in [0.25, 0.3) is 17.2 Å². The molecule has 0 spiro atoms. The van der Waals surface area contributed by atoms with Gasteiger partial charge in [0.25, 0.3) is 0 Å². The van der Waals surface area contributed by atoms with Gasteiger partial charge >= 0.3 is 6.09 Å². The Morgan fingerprint density at radius 2 is 1.69 bits per heavy atom. The maximum atomic E-state index is 12.2. The molecule has 3 aromatic carbocycles. The Morgan fingerprint density at radius 1 is 1.03 bits per heavy atom. The van der Waals surface area contributed by atoms with Gasteiger partial charge in [-0.1, -0.05) is 66.7 Å². The van der Waals surface area contributed by atoms with Crippen LogP contribution in [-0.2, 0) is 4.74 Å². The molecular formula is C26H23NO5. The molecule has 6 heteroatoms. The molecule has 1 aliphatic carbocycles. The summed E-state index contributed by atoms with van der Waals surface area (Å²) in [7, 11) is 1.41. The third-order valence-corrected chi connectivity index (χ3v) is 5.56. The highest BCUT2D eigenvalue weighted by Crippen LogP contribution is 2.44. The lowest BCUT2D eigenvalue weighted by Gasteiger charge is -2.14. The van der Waals surface area contributed by atoms with Crippen molar-refractivity contribution in [1.29, 1.82) is 0 Å². The van der Waals surface area contributed by atoms with Crippen molar-refractivity contribution in [2.45, 2.75) is 5.92 Å². The molecule has 162 valence electrons. The van der Waals surface area contributed by atoms with Crippen molar-refractivity contribution in [2.75, 3.05) is 20.3 Å². The average molecular weight is 429 g/mol. The number of ether oxygens (including phenoxy) is 2. The van der Waals surface area contributed by atoms with Crippen molar-refractivity contribution in [3.8, 4) is 22.6 Å². The summed E-state index contributed by atoms with van der Waals surface area (Å²) in [5.41, 5.74) is 5.31. The number of carbonyl (C=O) groups is 2. The molecule has 0 saturated carbocycles. The number of rotatable bonds is 7. The summed E-state index contributed by atoms with van der Waals surface area (Å²) < 4.78 is 10.5. The maximum absolute atomic E-state index is 12.2. The fourth-order valence-corrected chi connectivity index (χ4v) is 4.02. The van der Waals surface area contributed by atoms with E-state index in [9.17, 15) is 14.7 Å². The van der Waals surface area contributed by atoms with Gasteiger partial charge in [0.1, 0.15) is 6.61 Å². The number of hydrogen-bond donors (Lipinski definition) is 2. The van der Waals surface area contributed by atoms with Gasteiger partial charge in [-0.25, -0.2) is 4.79 Å². The zero-order valence-corrected chi connectivity index (χ0v) is 17.6. The van der Waals surface area contributed by atoms with Gasteiger partial charge in [-0.05, 0) is 33.9 Å². The Labute approximate surface area is 186 Å². The van der Waals surface area contributed by atoms with Gasteiger partial charge in [-0.3, -0.25) is 4.79 Å². The Bertz CT molecular complexity index is 1140. The lowest BCUT2D eigenvalue weighted by Crippen LogP contribution is -2.26. The highest BCUT2D eigenvalue weighted by Gasteiger charge is 2.28. The quantitative estimate of drug-likeness (QED) is 0.529. The largest absolute Gasteiger partial charge is 0.504 e. The van der Waals surface area contributed by atoms with Crippen molar-refractivity contribution >= 4 is 18.5 Å². The number of benzene rings is 3. The standard InChI is InChI=1S/C26H23NO5/c1-31-24-13-12-17(22(15-28)25(24)29)7-6-14-27-26(30)32-16-23-20-10-4-2-8-18(20)19-9-3-5-11-21(19)23/h2-13,15,23,29H,14,16H2,1H3,(H,27,30). The molecule has 1 aliphatic rings. The molecular weight excluding hydrogens is 406 g/mol. The van der Waals surface area contributed by atoms with Crippen molar-refractivity contribution < 1.29 is 24.2 Å². The molecule has 0 radical (unpaired) electrons. The molecule has 0 aromatic heterocycles. The third-order valence-electron chi connectivity index (χ3n) is 5.56. The Balaban J connectivity index is 1.35. The molecule has 0 aliphatic heterocycles. The zero-order chi connectivity index (χ0) is 22.5. The van der Waals surface area contributed by atoms with E-state index in [0.717, 1.165) is 11.1 Å². The van der Waals surface area contributed by atoms with Crippen LogP contribution in [0.2, 0.25) is 0 Å². The van der Waals surface area contributed by atoms with Crippen LogP contribution in [0.3, 0.4) is 0 Å². The fraction of sp³-hybridized carbons (Fsp3) is 0.154. The first-order valence-electron chi connectivity index (χ1n) is 10.2. The van der Waals surface area contributed by atoms with E-state index in [1.807, 2.05) is 24.3 Å². The number of aromatic hydroxyl groups is 1. The van der Waals surface area contributed by atoms with Gasteiger partial charge in [0.2, 0.25) is 0 Å². The van der Waals surface area contributed by atoms with Crippen molar-refractivity contribution in [1.82, 2.24) is 5.32 Å².